The monoisotopic (exact) mass is 241 g/mol. The zero-order valence-electron chi connectivity index (χ0n) is 10.1. The van der Waals surface area contributed by atoms with Gasteiger partial charge in [0.25, 0.3) is 0 Å². The minimum absolute atomic E-state index is 0.00468. The van der Waals surface area contributed by atoms with Gasteiger partial charge in [-0.05, 0) is 19.8 Å². The molecule has 1 N–H and O–H groups in total. The predicted octanol–water partition coefficient (Wildman–Crippen LogP) is 0.735. The van der Waals surface area contributed by atoms with Gasteiger partial charge in [-0.2, -0.15) is 0 Å². The van der Waals surface area contributed by atoms with Crippen LogP contribution >= 0.6 is 0 Å². The molecule has 0 aromatic heterocycles. The molecule has 2 fully saturated rings. The number of carboxylic acid groups (broad SMARTS) is 1. The molecule has 2 aliphatic rings. The van der Waals surface area contributed by atoms with E-state index in [0.29, 0.717) is 32.5 Å². The van der Waals surface area contributed by atoms with Gasteiger partial charge in [0.1, 0.15) is 0 Å². The summed E-state index contributed by atoms with van der Waals surface area (Å²) in [6.07, 6.45) is 2.23. The SMILES string of the molecule is CC1CN(C(=O)C2CCCC2C(=O)O)CCO1. The third kappa shape index (κ3) is 2.60. The third-order valence-electron chi connectivity index (χ3n) is 3.70. The summed E-state index contributed by atoms with van der Waals surface area (Å²) in [5.41, 5.74) is 0. The van der Waals surface area contributed by atoms with E-state index in [2.05, 4.69) is 0 Å². The highest BCUT2D eigenvalue weighted by molar-refractivity contribution is 5.85. The Balaban J connectivity index is 2.01. The lowest BCUT2D eigenvalue weighted by atomic mass is 9.94. The van der Waals surface area contributed by atoms with Gasteiger partial charge in [0.2, 0.25) is 5.91 Å². The molecule has 2 rings (SSSR count). The van der Waals surface area contributed by atoms with Crippen molar-refractivity contribution in [2.45, 2.75) is 32.3 Å². The summed E-state index contributed by atoms with van der Waals surface area (Å²) in [6, 6.07) is 0. The number of carboxylic acids is 1. The first kappa shape index (κ1) is 12.4. The highest BCUT2D eigenvalue weighted by Crippen LogP contribution is 2.33. The van der Waals surface area contributed by atoms with Crippen molar-refractivity contribution in [3.05, 3.63) is 0 Å². The molecule has 0 spiro atoms. The zero-order valence-corrected chi connectivity index (χ0v) is 10.1. The Morgan fingerprint density at radius 2 is 2.00 bits per heavy atom. The van der Waals surface area contributed by atoms with Gasteiger partial charge in [-0.15, -0.1) is 0 Å². The van der Waals surface area contributed by atoms with Crippen LogP contribution < -0.4 is 0 Å². The third-order valence-corrected chi connectivity index (χ3v) is 3.70. The van der Waals surface area contributed by atoms with Crippen molar-refractivity contribution >= 4 is 11.9 Å². The van der Waals surface area contributed by atoms with E-state index < -0.39 is 11.9 Å². The van der Waals surface area contributed by atoms with Crippen LogP contribution in [0, 0.1) is 11.8 Å². The van der Waals surface area contributed by atoms with E-state index in [1.54, 1.807) is 4.90 Å². The van der Waals surface area contributed by atoms with E-state index in [4.69, 9.17) is 9.84 Å². The van der Waals surface area contributed by atoms with Crippen LogP contribution in [-0.2, 0) is 14.3 Å². The van der Waals surface area contributed by atoms with Crippen LogP contribution in [0.5, 0.6) is 0 Å². The lowest BCUT2D eigenvalue weighted by Crippen LogP contribution is -2.48. The quantitative estimate of drug-likeness (QED) is 0.774. The van der Waals surface area contributed by atoms with E-state index in [1.807, 2.05) is 6.92 Å². The number of nitrogens with zero attached hydrogens (tertiary/aromatic N) is 1. The highest BCUT2D eigenvalue weighted by atomic mass is 16.5. The molecule has 0 aromatic rings. The molecule has 1 aliphatic heterocycles. The molecule has 0 bridgehead atoms. The molecule has 5 nitrogen and oxygen atoms in total. The van der Waals surface area contributed by atoms with Gasteiger partial charge in [-0.1, -0.05) is 6.42 Å². The van der Waals surface area contributed by atoms with Gasteiger partial charge >= 0.3 is 5.97 Å². The number of morpholine rings is 1. The lowest BCUT2D eigenvalue weighted by molar-refractivity contribution is -0.152. The van der Waals surface area contributed by atoms with Crippen molar-refractivity contribution in [2.24, 2.45) is 11.8 Å². The second kappa shape index (κ2) is 5.04. The van der Waals surface area contributed by atoms with E-state index >= 15 is 0 Å². The molecule has 1 aliphatic carbocycles. The summed E-state index contributed by atoms with van der Waals surface area (Å²) in [5, 5.41) is 9.09. The second-order valence-corrected chi connectivity index (χ2v) is 4.95. The standard InChI is InChI=1S/C12H19NO4/c1-8-7-13(5-6-17-8)11(14)9-3-2-4-10(9)12(15)16/h8-10H,2-7H2,1H3,(H,15,16). The smallest absolute Gasteiger partial charge is 0.307 e. The van der Waals surface area contributed by atoms with Crippen LogP contribution in [0.4, 0.5) is 0 Å². The predicted molar refractivity (Wildman–Crippen MR) is 60.5 cm³/mol. The Morgan fingerprint density at radius 1 is 1.29 bits per heavy atom. The molecule has 1 amide bonds. The molecule has 3 unspecified atom stereocenters. The summed E-state index contributed by atoms with van der Waals surface area (Å²) in [6.45, 7) is 3.66. The molecule has 0 aromatic carbocycles. The fourth-order valence-corrected chi connectivity index (χ4v) is 2.80. The average Bonchev–Trinajstić information content (AvgIpc) is 2.77. The van der Waals surface area contributed by atoms with Gasteiger partial charge in [0, 0.05) is 13.1 Å². The van der Waals surface area contributed by atoms with Gasteiger partial charge < -0.3 is 14.7 Å². The molecule has 0 radical (unpaired) electrons. The number of hydrogen-bond acceptors (Lipinski definition) is 3. The Morgan fingerprint density at radius 3 is 2.65 bits per heavy atom. The minimum Gasteiger partial charge on any atom is -0.481 e. The van der Waals surface area contributed by atoms with Crippen molar-refractivity contribution in [3.8, 4) is 0 Å². The van der Waals surface area contributed by atoms with Crippen LogP contribution in [-0.4, -0.2) is 47.7 Å². The topological polar surface area (TPSA) is 66.8 Å². The maximum atomic E-state index is 12.3. The number of carbonyl (C=O) groups is 2. The second-order valence-electron chi connectivity index (χ2n) is 4.95. The van der Waals surface area contributed by atoms with Crippen LogP contribution in [0.3, 0.4) is 0 Å². The maximum absolute atomic E-state index is 12.3. The average molecular weight is 241 g/mol. The molecule has 1 saturated heterocycles. The van der Waals surface area contributed by atoms with Crippen LogP contribution in [0.15, 0.2) is 0 Å². The highest BCUT2D eigenvalue weighted by Gasteiger charge is 2.40. The molecule has 1 heterocycles. The normalized spacial score (nSPS) is 33.7. The number of hydrogen-bond donors (Lipinski definition) is 1. The summed E-state index contributed by atoms with van der Waals surface area (Å²) in [4.78, 5) is 25.1. The summed E-state index contributed by atoms with van der Waals surface area (Å²) >= 11 is 0. The first-order chi connectivity index (χ1) is 8.09. The van der Waals surface area contributed by atoms with Gasteiger partial charge in [-0.25, -0.2) is 0 Å². The number of amides is 1. The number of rotatable bonds is 2. The fraction of sp³-hybridized carbons (Fsp3) is 0.833. The Labute approximate surface area is 101 Å². The van der Waals surface area contributed by atoms with Gasteiger partial charge in [0.05, 0.1) is 24.5 Å². The first-order valence-electron chi connectivity index (χ1n) is 6.23. The van der Waals surface area contributed by atoms with Crippen molar-refractivity contribution < 1.29 is 19.4 Å². The Kier molecular flexibility index (Phi) is 3.66. The van der Waals surface area contributed by atoms with E-state index in [9.17, 15) is 9.59 Å². The van der Waals surface area contributed by atoms with Crippen molar-refractivity contribution in [2.75, 3.05) is 19.7 Å². The van der Waals surface area contributed by atoms with Crippen molar-refractivity contribution in [3.63, 3.8) is 0 Å². The number of aliphatic carboxylic acids is 1. The van der Waals surface area contributed by atoms with E-state index in [-0.39, 0.29) is 17.9 Å². The largest absolute Gasteiger partial charge is 0.481 e. The molecule has 96 valence electrons. The first-order valence-corrected chi connectivity index (χ1v) is 6.23. The van der Waals surface area contributed by atoms with Gasteiger partial charge in [-0.3, -0.25) is 9.59 Å². The number of carbonyl (C=O) groups excluding carboxylic acids is 1. The van der Waals surface area contributed by atoms with Gasteiger partial charge in [0.15, 0.2) is 0 Å². The van der Waals surface area contributed by atoms with E-state index in [1.165, 1.54) is 0 Å². The Hall–Kier alpha value is -1.10. The van der Waals surface area contributed by atoms with Crippen LogP contribution in [0.25, 0.3) is 0 Å². The van der Waals surface area contributed by atoms with Crippen LogP contribution in [0.1, 0.15) is 26.2 Å². The molecule has 1 saturated carbocycles. The summed E-state index contributed by atoms with van der Waals surface area (Å²) < 4.78 is 5.38. The molecule has 3 atom stereocenters. The van der Waals surface area contributed by atoms with E-state index in [0.717, 1.165) is 6.42 Å². The van der Waals surface area contributed by atoms with Crippen molar-refractivity contribution in [1.82, 2.24) is 4.90 Å². The molecule has 17 heavy (non-hydrogen) atoms. The van der Waals surface area contributed by atoms with Crippen molar-refractivity contribution in [1.29, 1.82) is 0 Å². The fourth-order valence-electron chi connectivity index (χ4n) is 2.80. The zero-order chi connectivity index (χ0) is 12.4. The molecular weight excluding hydrogens is 222 g/mol. The molecular formula is C12H19NO4. The summed E-state index contributed by atoms with van der Waals surface area (Å²) in [5.74, 6) is -1.63. The minimum atomic E-state index is -0.831. The molecule has 5 heteroatoms. The summed E-state index contributed by atoms with van der Waals surface area (Å²) in [7, 11) is 0. The Bertz CT molecular complexity index is 318. The van der Waals surface area contributed by atoms with Crippen LogP contribution in [0.2, 0.25) is 0 Å². The number of ether oxygens (including phenoxy) is 1. The lowest BCUT2D eigenvalue weighted by Gasteiger charge is -2.33. The maximum Gasteiger partial charge on any atom is 0.307 e.